The van der Waals surface area contributed by atoms with Crippen molar-refractivity contribution in [2.75, 3.05) is 20.3 Å². The van der Waals surface area contributed by atoms with E-state index in [0.29, 0.717) is 31.5 Å². The number of hydrogen-bond donors (Lipinski definition) is 1. The molecule has 0 radical (unpaired) electrons. The van der Waals surface area contributed by atoms with Gasteiger partial charge in [-0.2, -0.15) is 0 Å². The lowest BCUT2D eigenvalue weighted by Gasteiger charge is -2.25. The van der Waals surface area contributed by atoms with E-state index in [0.717, 1.165) is 11.3 Å². The molecule has 0 aliphatic carbocycles. The first kappa shape index (κ1) is 21.9. The highest BCUT2D eigenvalue weighted by molar-refractivity contribution is 5.69. The predicted octanol–water partition coefficient (Wildman–Crippen LogP) is 3.54. The number of aliphatic hydroxyl groups is 1. The molecule has 0 unspecified atom stereocenters. The molecule has 0 fully saturated rings. The Kier molecular flexibility index (Phi) is 8.91. The standard InChI is InChI=1S/C22H28FNO4/c1-3-6-22(26)28-16-19(25)15-24(14-18-7-4-5-8-21(18)23)13-17-9-11-20(27-2)12-10-17/h4-5,7-12,19,25H,3,6,13-16H2,1-2H3/t19-/m0/s1. The highest BCUT2D eigenvalue weighted by Gasteiger charge is 2.16. The van der Waals surface area contributed by atoms with Crippen LogP contribution in [0.25, 0.3) is 0 Å². The van der Waals surface area contributed by atoms with Gasteiger partial charge in [0.2, 0.25) is 0 Å². The van der Waals surface area contributed by atoms with Crippen molar-refractivity contribution in [3.63, 3.8) is 0 Å². The molecule has 2 aromatic rings. The third kappa shape index (κ3) is 7.29. The summed E-state index contributed by atoms with van der Waals surface area (Å²) in [6.07, 6.45) is 0.175. The van der Waals surface area contributed by atoms with E-state index in [9.17, 15) is 14.3 Å². The fourth-order valence-electron chi connectivity index (χ4n) is 2.86. The maximum atomic E-state index is 14.1. The van der Waals surface area contributed by atoms with E-state index in [1.807, 2.05) is 36.1 Å². The zero-order chi connectivity index (χ0) is 20.4. The van der Waals surface area contributed by atoms with Crippen molar-refractivity contribution in [1.29, 1.82) is 0 Å². The number of ether oxygens (including phenoxy) is 2. The average molecular weight is 389 g/mol. The number of carbonyl (C=O) groups is 1. The normalized spacial score (nSPS) is 12.0. The van der Waals surface area contributed by atoms with Gasteiger partial charge in [0.1, 0.15) is 24.3 Å². The Labute approximate surface area is 165 Å². The second-order valence-corrected chi connectivity index (χ2v) is 6.70. The first-order valence-electron chi connectivity index (χ1n) is 9.44. The molecule has 0 heterocycles. The van der Waals surface area contributed by atoms with Crippen molar-refractivity contribution in [1.82, 2.24) is 4.90 Å². The van der Waals surface area contributed by atoms with Gasteiger partial charge in [-0.3, -0.25) is 9.69 Å². The fourth-order valence-corrected chi connectivity index (χ4v) is 2.86. The summed E-state index contributed by atoms with van der Waals surface area (Å²) in [6, 6.07) is 14.2. The van der Waals surface area contributed by atoms with E-state index in [4.69, 9.17) is 9.47 Å². The van der Waals surface area contributed by atoms with Gasteiger partial charge < -0.3 is 14.6 Å². The minimum Gasteiger partial charge on any atom is -0.497 e. The van der Waals surface area contributed by atoms with Gasteiger partial charge in [-0.15, -0.1) is 0 Å². The molecule has 2 rings (SSSR count). The van der Waals surface area contributed by atoms with Gasteiger partial charge in [0, 0.05) is 31.6 Å². The lowest BCUT2D eigenvalue weighted by molar-refractivity contribution is -0.147. The van der Waals surface area contributed by atoms with Crippen LogP contribution >= 0.6 is 0 Å². The van der Waals surface area contributed by atoms with Gasteiger partial charge in [-0.05, 0) is 30.2 Å². The van der Waals surface area contributed by atoms with Crippen molar-refractivity contribution >= 4 is 5.97 Å². The molecule has 1 N–H and O–H groups in total. The average Bonchev–Trinajstić information content (AvgIpc) is 2.69. The Hall–Kier alpha value is -2.44. The molecule has 5 nitrogen and oxygen atoms in total. The van der Waals surface area contributed by atoms with Crippen molar-refractivity contribution in [2.45, 2.75) is 39.0 Å². The molecular weight excluding hydrogens is 361 g/mol. The summed E-state index contributed by atoms with van der Waals surface area (Å²) in [5, 5.41) is 10.3. The van der Waals surface area contributed by atoms with E-state index < -0.39 is 6.10 Å². The third-order valence-electron chi connectivity index (χ3n) is 4.28. The SMILES string of the molecule is CCCC(=O)OC[C@@H](O)CN(Cc1ccc(OC)cc1)Cc1ccccc1F. The van der Waals surface area contributed by atoms with Crippen LogP contribution in [0.3, 0.4) is 0 Å². The van der Waals surface area contributed by atoms with Crippen LogP contribution in [0, 0.1) is 5.82 Å². The first-order valence-corrected chi connectivity index (χ1v) is 9.44. The lowest BCUT2D eigenvalue weighted by Crippen LogP contribution is -2.35. The van der Waals surface area contributed by atoms with Gasteiger partial charge in [-0.25, -0.2) is 4.39 Å². The fraction of sp³-hybridized carbons (Fsp3) is 0.409. The summed E-state index contributed by atoms with van der Waals surface area (Å²) in [4.78, 5) is 13.4. The van der Waals surface area contributed by atoms with Gasteiger partial charge >= 0.3 is 5.97 Å². The largest absolute Gasteiger partial charge is 0.497 e. The Morgan fingerprint density at radius 3 is 2.50 bits per heavy atom. The van der Waals surface area contributed by atoms with Crippen LogP contribution in [0.4, 0.5) is 4.39 Å². The smallest absolute Gasteiger partial charge is 0.305 e. The number of hydrogen-bond acceptors (Lipinski definition) is 5. The van der Waals surface area contributed by atoms with E-state index in [1.54, 1.807) is 25.3 Å². The van der Waals surface area contributed by atoms with Crippen molar-refractivity contribution in [2.24, 2.45) is 0 Å². The summed E-state index contributed by atoms with van der Waals surface area (Å²) in [5.41, 5.74) is 1.55. The number of aliphatic hydroxyl groups excluding tert-OH is 1. The minimum absolute atomic E-state index is 0.0742. The number of rotatable bonds is 11. The summed E-state index contributed by atoms with van der Waals surface area (Å²) in [7, 11) is 1.61. The molecule has 2 aromatic carbocycles. The molecule has 0 saturated heterocycles. The number of carbonyl (C=O) groups excluding carboxylic acids is 1. The molecular formula is C22H28FNO4. The molecule has 1 atom stereocenters. The highest BCUT2D eigenvalue weighted by atomic mass is 19.1. The summed E-state index contributed by atoms with van der Waals surface area (Å²) < 4.78 is 24.4. The number of halogens is 1. The molecule has 0 aliphatic rings. The summed E-state index contributed by atoms with van der Waals surface area (Å²) in [6.45, 7) is 2.91. The second kappa shape index (κ2) is 11.4. The van der Waals surface area contributed by atoms with Crippen molar-refractivity contribution in [3.8, 4) is 5.75 Å². The summed E-state index contributed by atoms with van der Waals surface area (Å²) >= 11 is 0. The van der Waals surface area contributed by atoms with E-state index in [-0.39, 0.29) is 24.9 Å². The van der Waals surface area contributed by atoms with Crippen LogP contribution in [0.5, 0.6) is 5.75 Å². The zero-order valence-electron chi connectivity index (χ0n) is 16.4. The van der Waals surface area contributed by atoms with Gasteiger partial charge in [0.25, 0.3) is 0 Å². The predicted molar refractivity (Wildman–Crippen MR) is 105 cm³/mol. The van der Waals surface area contributed by atoms with Crippen LogP contribution in [-0.2, 0) is 22.6 Å². The van der Waals surface area contributed by atoms with Crippen LogP contribution < -0.4 is 4.74 Å². The Morgan fingerprint density at radius 2 is 1.86 bits per heavy atom. The zero-order valence-corrected chi connectivity index (χ0v) is 16.4. The van der Waals surface area contributed by atoms with E-state index in [2.05, 4.69) is 0 Å². The van der Waals surface area contributed by atoms with Crippen molar-refractivity contribution < 1.29 is 23.8 Å². The number of methoxy groups -OCH3 is 1. The molecule has 6 heteroatoms. The lowest BCUT2D eigenvalue weighted by atomic mass is 10.1. The van der Waals surface area contributed by atoms with Gasteiger partial charge in [0.05, 0.1) is 7.11 Å². The minimum atomic E-state index is -0.856. The Balaban J connectivity index is 2.04. The van der Waals surface area contributed by atoms with E-state index in [1.165, 1.54) is 6.07 Å². The number of esters is 1. The molecule has 0 amide bonds. The molecule has 0 saturated carbocycles. The summed E-state index contributed by atoms with van der Waals surface area (Å²) in [5.74, 6) is 0.149. The molecule has 0 aliphatic heterocycles. The van der Waals surface area contributed by atoms with Crippen LogP contribution in [0.2, 0.25) is 0 Å². The maximum Gasteiger partial charge on any atom is 0.305 e. The molecule has 152 valence electrons. The Morgan fingerprint density at radius 1 is 1.14 bits per heavy atom. The Bertz CT molecular complexity index is 736. The first-order chi connectivity index (χ1) is 13.5. The quantitative estimate of drug-likeness (QED) is 0.596. The van der Waals surface area contributed by atoms with E-state index >= 15 is 0 Å². The van der Waals surface area contributed by atoms with Crippen molar-refractivity contribution in [3.05, 3.63) is 65.5 Å². The monoisotopic (exact) mass is 389 g/mol. The molecule has 0 bridgehead atoms. The maximum absolute atomic E-state index is 14.1. The molecule has 0 spiro atoms. The van der Waals surface area contributed by atoms with Gasteiger partial charge in [0.15, 0.2) is 0 Å². The van der Waals surface area contributed by atoms with Crippen LogP contribution in [-0.4, -0.2) is 42.3 Å². The molecule has 28 heavy (non-hydrogen) atoms. The second-order valence-electron chi connectivity index (χ2n) is 6.70. The number of benzene rings is 2. The topological polar surface area (TPSA) is 59.0 Å². The highest BCUT2D eigenvalue weighted by Crippen LogP contribution is 2.16. The van der Waals surface area contributed by atoms with Gasteiger partial charge in [-0.1, -0.05) is 37.3 Å². The van der Waals surface area contributed by atoms with Crippen LogP contribution in [0.1, 0.15) is 30.9 Å². The number of nitrogens with zero attached hydrogens (tertiary/aromatic N) is 1. The molecule has 0 aromatic heterocycles. The van der Waals surface area contributed by atoms with Crippen LogP contribution in [0.15, 0.2) is 48.5 Å². The third-order valence-corrected chi connectivity index (χ3v) is 4.28.